The van der Waals surface area contributed by atoms with Crippen molar-refractivity contribution in [3.05, 3.63) is 96.1 Å². The molecule has 0 atom stereocenters. The number of carbonyl (C=O) groups excluding carboxylic acids is 1. The predicted molar refractivity (Wildman–Crippen MR) is 126 cm³/mol. The van der Waals surface area contributed by atoms with Gasteiger partial charge in [-0.05, 0) is 47.5 Å². The first kappa shape index (κ1) is 21.4. The normalized spacial score (nSPS) is 13.9. The molecule has 6 heteroatoms. The number of nitrogens with zero attached hydrogens (tertiary/aromatic N) is 3. The largest absolute Gasteiger partial charge is 0.489 e. The van der Waals surface area contributed by atoms with Gasteiger partial charge in [-0.25, -0.2) is 0 Å². The van der Waals surface area contributed by atoms with Crippen LogP contribution in [-0.4, -0.2) is 49.8 Å². The number of ether oxygens (including phenoxy) is 1. The standard InChI is InChI=1S/C26H27N3O3/c30-26(29-17-15-28(16-18-29)24-9-5-2-6-10-24)21-32-27-19-22-11-13-25(14-12-22)31-20-23-7-3-1-4-8-23/h1-14,19H,15-18,20-21H2/b27-19+. The maximum atomic E-state index is 12.4. The monoisotopic (exact) mass is 429 g/mol. The summed E-state index contributed by atoms with van der Waals surface area (Å²) in [6.45, 7) is 3.48. The second-order valence-electron chi connectivity index (χ2n) is 7.55. The van der Waals surface area contributed by atoms with E-state index in [4.69, 9.17) is 9.57 Å². The van der Waals surface area contributed by atoms with Crippen molar-refractivity contribution in [3.63, 3.8) is 0 Å². The molecule has 3 aromatic rings. The fourth-order valence-corrected chi connectivity index (χ4v) is 3.53. The lowest BCUT2D eigenvalue weighted by Gasteiger charge is -2.35. The number of benzene rings is 3. The summed E-state index contributed by atoms with van der Waals surface area (Å²) >= 11 is 0. The number of piperazine rings is 1. The number of para-hydroxylation sites is 1. The van der Waals surface area contributed by atoms with Gasteiger partial charge in [0.25, 0.3) is 5.91 Å². The van der Waals surface area contributed by atoms with E-state index in [9.17, 15) is 4.79 Å². The van der Waals surface area contributed by atoms with E-state index in [0.717, 1.165) is 30.0 Å². The van der Waals surface area contributed by atoms with Gasteiger partial charge in [-0.1, -0.05) is 53.7 Å². The van der Waals surface area contributed by atoms with Crippen LogP contribution in [0, 0.1) is 0 Å². The fourth-order valence-electron chi connectivity index (χ4n) is 3.53. The van der Waals surface area contributed by atoms with Crippen molar-refractivity contribution in [1.82, 2.24) is 4.90 Å². The lowest BCUT2D eigenvalue weighted by molar-refractivity contribution is -0.136. The third-order valence-corrected chi connectivity index (χ3v) is 5.35. The van der Waals surface area contributed by atoms with E-state index >= 15 is 0 Å². The minimum atomic E-state index is -0.0554. The van der Waals surface area contributed by atoms with Crippen molar-refractivity contribution in [2.75, 3.05) is 37.7 Å². The van der Waals surface area contributed by atoms with Crippen LogP contribution in [0.4, 0.5) is 5.69 Å². The maximum absolute atomic E-state index is 12.4. The van der Waals surface area contributed by atoms with Crippen LogP contribution in [0.25, 0.3) is 0 Å². The lowest BCUT2D eigenvalue weighted by atomic mass is 10.2. The SMILES string of the molecule is O=C(CO/N=C/c1ccc(OCc2ccccc2)cc1)N1CCN(c2ccccc2)CC1. The molecule has 0 aliphatic carbocycles. The van der Waals surface area contributed by atoms with Crippen LogP contribution in [0.1, 0.15) is 11.1 Å². The van der Waals surface area contributed by atoms with Crippen LogP contribution < -0.4 is 9.64 Å². The Bertz CT molecular complexity index is 1000. The van der Waals surface area contributed by atoms with Crippen LogP contribution in [0.15, 0.2) is 90.1 Å². The predicted octanol–water partition coefficient (Wildman–Crippen LogP) is 3.96. The quantitative estimate of drug-likeness (QED) is 0.402. The molecule has 3 aromatic carbocycles. The van der Waals surface area contributed by atoms with E-state index in [1.165, 1.54) is 5.69 Å². The van der Waals surface area contributed by atoms with Crippen molar-refractivity contribution in [2.45, 2.75) is 6.61 Å². The molecule has 0 spiro atoms. The molecule has 0 radical (unpaired) electrons. The lowest BCUT2D eigenvalue weighted by Crippen LogP contribution is -2.49. The summed E-state index contributed by atoms with van der Waals surface area (Å²) in [5.74, 6) is 0.747. The van der Waals surface area contributed by atoms with Crippen LogP contribution in [0.2, 0.25) is 0 Å². The van der Waals surface area contributed by atoms with E-state index in [2.05, 4.69) is 22.2 Å². The molecule has 0 bridgehead atoms. The Kier molecular flexibility index (Phi) is 7.37. The van der Waals surface area contributed by atoms with Gasteiger partial charge < -0.3 is 19.4 Å². The average molecular weight is 430 g/mol. The molecule has 1 aliphatic rings. The number of carbonyl (C=O) groups is 1. The molecule has 6 nitrogen and oxygen atoms in total. The van der Waals surface area contributed by atoms with Crippen LogP contribution in [0.5, 0.6) is 5.75 Å². The second kappa shape index (κ2) is 11.0. The van der Waals surface area contributed by atoms with Crippen molar-refractivity contribution >= 4 is 17.8 Å². The van der Waals surface area contributed by atoms with E-state index in [0.29, 0.717) is 19.7 Å². The number of amides is 1. The van der Waals surface area contributed by atoms with Gasteiger partial charge in [0, 0.05) is 31.9 Å². The van der Waals surface area contributed by atoms with Gasteiger partial charge in [0.2, 0.25) is 0 Å². The highest BCUT2D eigenvalue weighted by atomic mass is 16.6. The third kappa shape index (κ3) is 6.11. The molecule has 0 aromatic heterocycles. The van der Waals surface area contributed by atoms with Crippen molar-refractivity contribution in [1.29, 1.82) is 0 Å². The molecule has 4 rings (SSSR count). The van der Waals surface area contributed by atoms with Gasteiger partial charge in [0.05, 0.1) is 6.21 Å². The zero-order valence-electron chi connectivity index (χ0n) is 18.0. The number of anilines is 1. The molecule has 1 saturated heterocycles. The molecule has 164 valence electrons. The average Bonchev–Trinajstić information content (AvgIpc) is 2.87. The van der Waals surface area contributed by atoms with Gasteiger partial charge >= 0.3 is 0 Å². The third-order valence-electron chi connectivity index (χ3n) is 5.35. The molecule has 0 unspecified atom stereocenters. The zero-order chi connectivity index (χ0) is 22.0. The molecule has 0 N–H and O–H groups in total. The van der Waals surface area contributed by atoms with Crippen molar-refractivity contribution in [2.24, 2.45) is 5.16 Å². The molecule has 1 amide bonds. The van der Waals surface area contributed by atoms with E-state index in [1.807, 2.05) is 77.7 Å². The van der Waals surface area contributed by atoms with Crippen molar-refractivity contribution < 1.29 is 14.4 Å². The summed E-state index contributed by atoms with van der Waals surface area (Å²) < 4.78 is 5.78. The topological polar surface area (TPSA) is 54.4 Å². The van der Waals surface area contributed by atoms with Gasteiger partial charge in [0.15, 0.2) is 6.61 Å². The van der Waals surface area contributed by atoms with Gasteiger partial charge in [-0.3, -0.25) is 4.79 Å². The highest BCUT2D eigenvalue weighted by molar-refractivity contribution is 5.80. The first-order valence-corrected chi connectivity index (χ1v) is 10.8. The van der Waals surface area contributed by atoms with E-state index in [-0.39, 0.29) is 12.5 Å². The molecular formula is C26H27N3O3. The summed E-state index contributed by atoms with van der Waals surface area (Å²) in [5, 5.41) is 3.94. The van der Waals surface area contributed by atoms with E-state index < -0.39 is 0 Å². The fraction of sp³-hybridized carbons (Fsp3) is 0.231. The summed E-state index contributed by atoms with van der Waals surface area (Å²) in [4.78, 5) is 21.7. The van der Waals surface area contributed by atoms with E-state index in [1.54, 1.807) is 6.21 Å². The Balaban J connectivity index is 1.16. The Morgan fingerprint density at radius 1 is 0.844 bits per heavy atom. The van der Waals surface area contributed by atoms with Crippen LogP contribution in [-0.2, 0) is 16.2 Å². The number of rotatable bonds is 8. The van der Waals surface area contributed by atoms with Gasteiger partial charge in [0.1, 0.15) is 12.4 Å². The summed E-state index contributed by atoms with van der Waals surface area (Å²) in [6, 6.07) is 27.9. The molecular weight excluding hydrogens is 402 g/mol. The van der Waals surface area contributed by atoms with Gasteiger partial charge in [-0.2, -0.15) is 0 Å². The maximum Gasteiger partial charge on any atom is 0.263 e. The minimum Gasteiger partial charge on any atom is -0.489 e. The summed E-state index contributed by atoms with van der Waals surface area (Å²) in [7, 11) is 0. The van der Waals surface area contributed by atoms with Crippen LogP contribution in [0.3, 0.4) is 0 Å². The first-order chi connectivity index (χ1) is 15.8. The minimum absolute atomic E-state index is 0.0421. The Morgan fingerprint density at radius 3 is 2.19 bits per heavy atom. The summed E-state index contributed by atoms with van der Waals surface area (Å²) in [6.07, 6.45) is 1.60. The highest BCUT2D eigenvalue weighted by Crippen LogP contribution is 2.16. The van der Waals surface area contributed by atoms with Crippen LogP contribution >= 0.6 is 0 Å². The number of hydrogen-bond donors (Lipinski definition) is 0. The molecule has 1 fully saturated rings. The number of oxime groups is 1. The zero-order valence-corrected chi connectivity index (χ0v) is 18.0. The smallest absolute Gasteiger partial charge is 0.263 e. The number of hydrogen-bond acceptors (Lipinski definition) is 5. The second-order valence-corrected chi connectivity index (χ2v) is 7.55. The summed E-state index contributed by atoms with van der Waals surface area (Å²) in [5.41, 5.74) is 3.19. The molecule has 0 saturated carbocycles. The molecule has 1 heterocycles. The Labute approximate surface area is 188 Å². The molecule has 1 aliphatic heterocycles. The van der Waals surface area contributed by atoms with Crippen molar-refractivity contribution in [3.8, 4) is 5.75 Å². The first-order valence-electron chi connectivity index (χ1n) is 10.8. The Hall–Kier alpha value is -3.80. The molecule has 32 heavy (non-hydrogen) atoms. The highest BCUT2D eigenvalue weighted by Gasteiger charge is 2.21. The van der Waals surface area contributed by atoms with Gasteiger partial charge in [-0.15, -0.1) is 0 Å². The Morgan fingerprint density at radius 2 is 1.50 bits per heavy atom.